The molecule has 2 aromatic carbocycles. The molecule has 0 bridgehead atoms. The molecular weight excluding hydrogens is 415 g/mol. The van der Waals surface area contributed by atoms with E-state index in [1.54, 1.807) is 6.08 Å². The van der Waals surface area contributed by atoms with Gasteiger partial charge in [0.25, 0.3) is 0 Å². The molecule has 166 valence electrons. The highest BCUT2D eigenvalue weighted by molar-refractivity contribution is 5.81. The van der Waals surface area contributed by atoms with E-state index in [9.17, 15) is 13.2 Å². The van der Waals surface area contributed by atoms with Crippen molar-refractivity contribution in [1.82, 2.24) is 14.9 Å². The van der Waals surface area contributed by atoms with Crippen LogP contribution in [0, 0.1) is 0 Å². The van der Waals surface area contributed by atoms with E-state index in [0.29, 0.717) is 22.4 Å². The van der Waals surface area contributed by atoms with Crippen molar-refractivity contribution in [3.05, 3.63) is 90.5 Å². The molecule has 3 aromatic rings. The van der Waals surface area contributed by atoms with Gasteiger partial charge in [0, 0.05) is 49.3 Å². The van der Waals surface area contributed by atoms with Gasteiger partial charge < -0.3 is 20.5 Å². The van der Waals surface area contributed by atoms with Crippen molar-refractivity contribution in [2.75, 3.05) is 31.1 Å². The van der Waals surface area contributed by atoms with Gasteiger partial charge in [-0.25, -0.2) is 4.98 Å². The lowest BCUT2D eigenvalue weighted by atomic mass is 10.2. The number of nitrogens with one attached hydrogen (secondary N) is 1. The number of aromatic amines is 1. The number of imidazole rings is 1. The van der Waals surface area contributed by atoms with Crippen LogP contribution in [0.2, 0.25) is 0 Å². The first kappa shape index (κ1) is 21.5. The van der Waals surface area contributed by atoms with E-state index < -0.39 is 11.7 Å². The van der Waals surface area contributed by atoms with E-state index in [4.69, 9.17) is 5.73 Å². The van der Waals surface area contributed by atoms with Gasteiger partial charge >= 0.3 is 6.18 Å². The predicted octanol–water partition coefficient (Wildman–Crippen LogP) is 4.77. The zero-order chi connectivity index (χ0) is 22.7. The molecule has 0 aliphatic carbocycles. The molecule has 0 spiro atoms. The Morgan fingerprint density at radius 1 is 1.03 bits per heavy atom. The fraction of sp³-hybridized carbons (Fsp3) is 0.208. The van der Waals surface area contributed by atoms with Crippen LogP contribution in [0.5, 0.6) is 0 Å². The first-order chi connectivity index (χ1) is 15.3. The summed E-state index contributed by atoms with van der Waals surface area (Å²) in [6, 6.07) is 13.7. The van der Waals surface area contributed by atoms with Gasteiger partial charge in [0.2, 0.25) is 0 Å². The van der Waals surface area contributed by atoms with Crippen molar-refractivity contribution in [3.8, 4) is 0 Å². The zero-order valence-corrected chi connectivity index (χ0v) is 17.4. The van der Waals surface area contributed by atoms with Crippen LogP contribution in [-0.4, -0.2) is 41.0 Å². The molecule has 3 N–H and O–H groups in total. The summed E-state index contributed by atoms with van der Waals surface area (Å²) < 4.78 is 38.9. The number of para-hydroxylation sites is 1. The molecule has 0 unspecified atom stereocenters. The minimum Gasteiger partial charge on any atom is -0.404 e. The molecular formula is C24H24F3N5. The minimum absolute atomic E-state index is 0.304. The average Bonchev–Trinajstić information content (AvgIpc) is 3.22. The molecule has 0 amide bonds. The van der Waals surface area contributed by atoms with E-state index in [-0.39, 0.29) is 0 Å². The summed E-state index contributed by atoms with van der Waals surface area (Å²) in [5.41, 5.74) is 8.41. The fourth-order valence-corrected chi connectivity index (χ4v) is 3.72. The lowest BCUT2D eigenvalue weighted by Crippen LogP contribution is -2.45. The summed E-state index contributed by atoms with van der Waals surface area (Å²) in [6.07, 6.45) is 0.590. The quantitative estimate of drug-likeness (QED) is 0.562. The third-order valence-corrected chi connectivity index (χ3v) is 5.52. The number of hydrogen-bond donors (Lipinski definition) is 2. The zero-order valence-electron chi connectivity index (χ0n) is 17.4. The van der Waals surface area contributed by atoms with Gasteiger partial charge in [0.1, 0.15) is 5.82 Å². The predicted molar refractivity (Wildman–Crippen MR) is 122 cm³/mol. The van der Waals surface area contributed by atoms with Crippen molar-refractivity contribution in [2.24, 2.45) is 5.73 Å². The molecule has 1 aliphatic rings. The highest BCUT2D eigenvalue weighted by atomic mass is 19.4. The number of hydrogen-bond acceptors (Lipinski definition) is 4. The molecule has 1 aromatic heterocycles. The molecule has 32 heavy (non-hydrogen) atoms. The van der Waals surface area contributed by atoms with E-state index in [1.807, 2.05) is 24.3 Å². The lowest BCUT2D eigenvalue weighted by Gasteiger charge is -2.37. The van der Waals surface area contributed by atoms with Gasteiger partial charge in [0.05, 0.1) is 16.6 Å². The smallest absolute Gasteiger partial charge is 0.404 e. The molecule has 0 radical (unpaired) electrons. The number of anilines is 1. The van der Waals surface area contributed by atoms with Crippen LogP contribution in [0.4, 0.5) is 18.9 Å². The maximum atomic E-state index is 13.0. The van der Waals surface area contributed by atoms with Crippen LogP contribution < -0.4 is 10.6 Å². The largest absolute Gasteiger partial charge is 0.416 e. The summed E-state index contributed by atoms with van der Waals surface area (Å²) in [4.78, 5) is 11.8. The second kappa shape index (κ2) is 8.82. The first-order valence-corrected chi connectivity index (χ1v) is 10.3. The second-order valence-corrected chi connectivity index (χ2v) is 7.57. The number of rotatable bonds is 5. The Bertz CT molecular complexity index is 1150. The van der Waals surface area contributed by atoms with Crippen LogP contribution in [0.3, 0.4) is 0 Å². The molecule has 8 heteroatoms. The second-order valence-electron chi connectivity index (χ2n) is 7.57. The van der Waals surface area contributed by atoms with E-state index in [0.717, 1.165) is 44.0 Å². The van der Waals surface area contributed by atoms with Gasteiger partial charge in [-0.05, 0) is 42.5 Å². The number of piperazine rings is 1. The summed E-state index contributed by atoms with van der Waals surface area (Å²) in [5, 5.41) is 0. The summed E-state index contributed by atoms with van der Waals surface area (Å²) in [5.74, 6) is 0.403. The summed E-state index contributed by atoms with van der Waals surface area (Å²) in [6.45, 7) is 7.61. The van der Waals surface area contributed by atoms with Gasteiger partial charge in [-0.1, -0.05) is 24.8 Å². The number of alkyl halides is 3. The van der Waals surface area contributed by atoms with Crippen LogP contribution >= 0.6 is 0 Å². The Labute approximate surface area is 184 Å². The normalized spacial score (nSPS) is 15.7. The number of aromatic nitrogens is 2. The van der Waals surface area contributed by atoms with Crippen LogP contribution in [0.25, 0.3) is 16.6 Å². The Morgan fingerprint density at radius 2 is 1.75 bits per heavy atom. The Morgan fingerprint density at radius 3 is 2.41 bits per heavy atom. The number of nitrogens with zero attached hydrogens (tertiary/aromatic N) is 3. The summed E-state index contributed by atoms with van der Waals surface area (Å²) in [7, 11) is 0. The van der Waals surface area contributed by atoms with Gasteiger partial charge in [0.15, 0.2) is 0 Å². The number of allylic oxidation sites excluding steroid dienone is 3. The van der Waals surface area contributed by atoms with E-state index in [2.05, 4.69) is 38.5 Å². The maximum Gasteiger partial charge on any atom is 0.416 e. The summed E-state index contributed by atoms with van der Waals surface area (Å²) >= 11 is 0. The maximum absolute atomic E-state index is 13.0. The highest BCUT2D eigenvalue weighted by Crippen LogP contribution is 2.31. The molecule has 5 nitrogen and oxygen atoms in total. The first-order valence-electron chi connectivity index (χ1n) is 10.3. The third kappa shape index (κ3) is 4.64. The fourth-order valence-electron chi connectivity index (χ4n) is 3.72. The molecule has 1 saturated heterocycles. The van der Waals surface area contributed by atoms with Gasteiger partial charge in [-0.3, -0.25) is 0 Å². The third-order valence-electron chi connectivity index (χ3n) is 5.52. The average molecular weight is 439 g/mol. The Kier molecular flexibility index (Phi) is 5.94. The highest BCUT2D eigenvalue weighted by Gasteiger charge is 2.30. The molecule has 0 saturated carbocycles. The number of H-pyrrole nitrogens is 1. The van der Waals surface area contributed by atoms with Crippen molar-refractivity contribution in [2.45, 2.75) is 6.18 Å². The number of nitrogens with two attached hydrogens (primary N) is 1. The molecule has 0 atom stereocenters. The molecule has 2 heterocycles. The molecule has 1 aliphatic heterocycles. The van der Waals surface area contributed by atoms with Crippen LogP contribution in [0.15, 0.2) is 79.2 Å². The SMILES string of the molecule is C=C(/C=C\C(=C/N)c1nc2ccc(C(F)(F)F)cc2[nH]1)N1CCN(c2ccccc2)CC1. The monoisotopic (exact) mass is 439 g/mol. The molecule has 4 rings (SSSR count). The van der Waals surface area contributed by atoms with Crippen molar-refractivity contribution < 1.29 is 13.2 Å². The number of benzene rings is 2. The topological polar surface area (TPSA) is 61.2 Å². The number of halogens is 3. The minimum atomic E-state index is -4.41. The Balaban J connectivity index is 1.42. The van der Waals surface area contributed by atoms with Crippen LogP contribution in [0.1, 0.15) is 11.4 Å². The van der Waals surface area contributed by atoms with Gasteiger partial charge in [-0.2, -0.15) is 13.2 Å². The standard InChI is InChI=1S/C24H24F3N5/c1-17(31-11-13-32(14-12-31)20-5-3-2-4-6-20)7-8-18(16-28)23-29-21-10-9-19(24(25,26)27)15-22(21)30-23/h2-10,15-16H,1,11-14,28H2,(H,29,30)/b8-7-,18-16+. The van der Waals surface area contributed by atoms with E-state index in [1.165, 1.54) is 18.0 Å². The lowest BCUT2D eigenvalue weighted by molar-refractivity contribution is -0.137. The van der Waals surface area contributed by atoms with Gasteiger partial charge in [-0.15, -0.1) is 0 Å². The van der Waals surface area contributed by atoms with Crippen molar-refractivity contribution in [3.63, 3.8) is 0 Å². The van der Waals surface area contributed by atoms with Crippen molar-refractivity contribution in [1.29, 1.82) is 0 Å². The van der Waals surface area contributed by atoms with Crippen molar-refractivity contribution >= 4 is 22.3 Å². The number of fused-ring (bicyclic) bond motifs is 1. The molecule has 1 fully saturated rings. The Hall–Kier alpha value is -3.68. The van der Waals surface area contributed by atoms with Crippen LogP contribution in [-0.2, 0) is 6.18 Å². The van der Waals surface area contributed by atoms with E-state index >= 15 is 0 Å².